The van der Waals surface area contributed by atoms with Gasteiger partial charge in [0.15, 0.2) is 0 Å². The fraction of sp³-hybridized carbons (Fsp3) is 0.500. The van der Waals surface area contributed by atoms with E-state index in [1.54, 1.807) is 0 Å². The molecule has 35 heavy (non-hydrogen) atoms. The van der Waals surface area contributed by atoms with Gasteiger partial charge < -0.3 is 24.8 Å². The number of hydrogen-bond acceptors (Lipinski definition) is 7. The summed E-state index contributed by atoms with van der Waals surface area (Å²) < 4.78 is 6.26. The molecule has 2 aromatic carbocycles. The second kappa shape index (κ2) is 9.63. The Hall–Kier alpha value is -2.90. The number of aromatic nitrogens is 2. The number of hydrogen-bond donors (Lipinski definition) is 1. The van der Waals surface area contributed by atoms with Gasteiger partial charge >= 0.3 is 6.01 Å². The summed E-state index contributed by atoms with van der Waals surface area (Å²) in [6, 6.07) is 14.2. The molecule has 1 atom stereocenters. The van der Waals surface area contributed by atoms with E-state index in [1.807, 2.05) is 0 Å². The zero-order valence-corrected chi connectivity index (χ0v) is 21.0. The zero-order valence-electron chi connectivity index (χ0n) is 21.0. The van der Waals surface area contributed by atoms with Crippen molar-refractivity contribution in [1.29, 1.82) is 0 Å². The Morgan fingerprint density at radius 1 is 1.00 bits per heavy atom. The van der Waals surface area contributed by atoms with Crippen molar-refractivity contribution in [3.8, 4) is 6.01 Å². The quantitative estimate of drug-likeness (QED) is 0.611. The Morgan fingerprint density at radius 2 is 1.83 bits per heavy atom. The lowest BCUT2D eigenvalue weighted by Crippen LogP contribution is -2.45. The van der Waals surface area contributed by atoms with Crippen molar-refractivity contribution in [3.63, 3.8) is 0 Å². The Morgan fingerprint density at radius 3 is 2.63 bits per heavy atom. The topological polar surface area (TPSA) is 56.8 Å². The maximum absolute atomic E-state index is 6.26. The van der Waals surface area contributed by atoms with E-state index in [1.165, 1.54) is 40.4 Å². The first kappa shape index (κ1) is 22.6. The molecule has 0 spiro atoms. The van der Waals surface area contributed by atoms with Crippen molar-refractivity contribution in [2.45, 2.75) is 38.8 Å². The summed E-state index contributed by atoms with van der Waals surface area (Å²) >= 11 is 0. The van der Waals surface area contributed by atoms with E-state index < -0.39 is 0 Å². The first-order valence-corrected chi connectivity index (χ1v) is 13.1. The van der Waals surface area contributed by atoms with E-state index in [4.69, 9.17) is 14.7 Å². The Bertz CT molecular complexity index is 1200. The molecule has 0 amide bonds. The number of aryl methyl sites for hydroxylation is 1. The molecule has 1 N–H and O–H groups in total. The molecule has 0 radical (unpaired) electrons. The number of piperazine rings is 1. The van der Waals surface area contributed by atoms with Gasteiger partial charge in [0.25, 0.3) is 0 Å². The minimum atomic E-state index is 0.451. The van der Waals surface area contributed by atoms with E-state index in [9.17, 15) is 0 Å². The number of benzene rings is 2. The normalized spacial score (nSPS) is 20.9. The van der Waals surface area contributed by atoms with Crippen LogP contribution in [-0.2, 0) is 13.0 Å². The van der Waals surface area contributed by atoms with Gasteiger partial charge in [-0.2, -0.15) is 9.97 Å². The van der Waals surface area contributed by atoms with Crippen LogP contribution in [0.2, 0.25) is 0 Å². The average molecular weight is 473 g/mol. The van der Waals surface area contributed by atoms with Gasteiger partial charge in [0.1, 0.15) is 12.4 Å². The molecule has 3 aliphatic rings. The van der Waals surface area contributed by atoms with Crippen LogP contribution >= 0.6 is 0 Å². The van der Waals surface area contributed by atoms with Gasteiger partial charge in [0.2, 0.25) is 0 Å². The molecule has 1 aromatic heterocycles. The fourth-order valence-corrected chi connectivity index (χ4v) is 5.93. The van der Waals surface area contributed by atoms with Crippen molar-refractivity contribution in [1.82, 2.24) is 20.2 Å². The van der Waals surface area contributed by atoms with E-state index >= 15 is 0 Å². The highest BCUT2D eigenvalue weighted by Gasteiger charge is 2.28. The summed E-state index contributed by atoms with van der Waals surface area (Å²) in [5.74, 6) is 1.08. The summed E-state index contributed by atoms with van der Waals surface area (Å²) in [6.07, 6.45) is 3.36. The van der Waals surface area contributed by atoms with E-state index in [0.29, 0.717) is 18.7 Å². The first-order chi connectivity index (χ1) is 17.2. The monoisotopic (exact) mass is 472 g/mol. The van der Waals surface area contributed by atoms with E-state index in [0.717, 1.165) is 63.7 Å². The molecule has 0 bridgehead atoms. The molecule has 184 valence electrons. The fourth-order valence-electron chi connectivity index (χ4n) is 5.93. The summed E-state index contributed by atoms with van der Waals surface area (Å²) in [5, 5.41) is 6.10. The Labute approximate surface area is 208 Å². The van der Waals surface area contributed by atoms with Crippen molar-refractivity contribution in [2.24, 2.45) is 0 Å². The molecule has 7 nitrogen and oxygen atoms in total. The number of nitrogens with one attached hydrogen (secondary N) is 1. The van der Waals surface area contributed by atoms with Crippen molar-refractivity contribution < 1.29 is 4.74 Å². The third-order valence-electron chi connectivity index (χ3n) is 7.95. The molecule has 1 unspecified atom stereocenters. The van der Waals surface area contributed by atoms with Gasteiger partial charge in [-0.05, 0) is 56.8 Å². The molecule has 2 fully saturated rings. The highest BCUT2D eigenvalue weighted by molar-refractivity contribution is 5.97. The van der Waals surface area contributed by atoms with E-state index in [2.05, 4.69) is 70.4 Å². The van der Waals surface area contributed by atoms with Crippen LogP contribution < -0.4 is 19.9 Å². The molecule has 3 aliphatic heterocycles. The predicted octanol–water partition coefficient (Wildman–Crippen LogP) is 3.38. The molecule has 3 aromatic rings. The predicted molar refractivity (Wildman–Crippen MR) is 142 cm³/mol. The maximum atomic E-state index is 6.26. The maximum Gasteiger partial charge on any atom is 0.318 e. The van der Waals surface area contributed by atoms with Crippen LogP contribution in [0.25, 0.3) is 10.8 Å². The Balaban J connectivity index is 1.33. The molecular formula is C28H36N6O. The zero-order chi connectivity index (χ0) is 23.8. The molecule has 6 rings (SSSR count). The second-order valence-electron chi connectivity index (χ2n) is 10.2. The van der Waals surface area contributed by atoms with Gasteiger partial charge in [0, 0.05) is 55.4 Å². The van der Waals surface area contributed by atoms with Crippen LogP contribution in [0, 0.1) is 6.92 Å². The van der Waals surface area contributed by atoms with Crippen molar-refractivity contribution >= 4 is 22.3 Å². The molecule has 4 heterocycles. The van der Waals surface area contributed by atoms with Crippen LogP contribution in [0.4, 0.5) is 11.5 Å². The van der Waals surface area contributed by atoms with Crippen LogP contribution in [0.5, 0.6) is 6.01 Å². The van der Waals surface area contributed by atoms with Crippen LogP contribution in [0.1, 0.15) is 29.7 Å². The van der Waals surface area contributed by atoms with Gasteiger partial charge in [-0.1, -0.05) is 30.3 Å². The third-order valence-corrected chi connectivity index (χ3v) is 7.95. The lowest BCUT2D eigenvalue weighted by molar-refractivity contribution is 0.187. The Kier molecular flexibility index (Phi) is 6.20. The lowest BCUT2D eigenvalue weighted by atomic mass is 9.99. The van der Waals surface area contributed by atoms with Crippen LogP contribution in [-0.4, -0.2) is 73.8 Å². The molecule has 0 aliphatic carbocycles. The highest BCUT2D eigenvalue weighted by atomic mass is 16.5. The van der Waals surface area contributed by atoms with Crippen molar-refractivity contribution in [3.05, 3.63) is 53.2 Å². The number of anilines is 2. The van der Waals surface area contributed by atoms with Crippen LogP contribution in [0.3, 0.4) is 0 Å². The van der Waals surface area contributed by atoms with Gasteiger partial charge in [-0.15, -0.1) is 0 Å². The molecular weight excluding hydrogens is 436 g/mol. The first-order valence-electron chi connectivity index (χ1n) is 13.1. The van der Waals surface area contributed by atoms with Gasteiger partial charge in [0.05, 0.1) is 12.2 Å². The minimum absolute atomic E-state index is 0.451. The second-order valence-corrected chi connectivity index (χ2v) is 10.2. The third kappa shape index (κ3) is 4.43. The lowest BCUT2D eigenvalue weighted by Gasteiger charge is -2.35. The summed E-state index contributed by atoms with van der Waals surface area (Å²) in [5.41, 5.74) is 5.02. The number of fused-ring (bicyclic) bond motifs is 2. The van der Waals surface area contributed by atoms with Gasteiger partial charge in [-0.3, -0.25) is 0 Å². The number of nitrogens with zero attached hydrogens (tertiary/aromatic N) is 5. The van der Waals surface area contributed by atoms with Crippen molar-refractivity contribution in [2.75, 3.05) is 62.7 Å². The molecule has 2 saturated heterocycles. The minimum Gasteiger partial charge on any atom is -0.462 e. The largest absolute Gasteiger partial charge is 0.462 e. The summed E-state index contributed by atoms with van der Waals surface area (Å²) in [7, 11) is 2.19. The SMILES string of the molecule is Cc1cccc2cccc(N3CCc4c(nc(OCC5CCCN5C)nc4N4CCNCC4)C3)c12. The highest BCUT2D eigenvalue weighted by Crippen LogP contribution is 2.35. The average Bonchev–Trinajstić information content (AvgIpc) is 3.31. The standard InChI is InChI=1S/C28H36N6O/c1-20-6-3-7-21-8-4-10-25(26(20)21)34-15-11-23-24(18-34)30-28(35-19-22-9-5-14-32(22)2)31-27(23)33-16-12-29-13-17-33/h3-4,6-8,10,22,29H,5,9,11-19H2,1-2H3. The summed E-state index contributed by atoms with van der Waals surface area (Å²) in [4.78, 5) is 17.3. The summed E-state index contributed by atoms with van der Waals surface area (Å²) in [6.45, 7) is 9.68. The smallest absolute Gasteiger partial charge is 0.318 e. The number of likely N-dealkylation sites (tertiary alicyclic amines) is 1. The van der Waals surface area contributed by atoms with Gasteiger partial charge in [-0.25, -0.2) is 0 Å². The number of ether oxygens (including phenoxy) is 1. The molecule has 7 heteroatoms. The van der Waals surface area contributed by atoms with Crippen LogP contribution in [0.15, 0.2) is 36.4 Å². The van der Waals surface area contributed by atoms with E-state index in [-0.39, 0.29) is 0 Å². The number of likely N-dealkylation sites (N-methyl/N-ethyl adjacent to an activating group) is 1. The molecule has 0 saturated carbocycles. The number of rotatable bonds is 5.